The Bertz CT molecular complexity index is 519. The second-order valence-electron chi connectivity index (χ2n) is 4.23. The van der Waals surface area contributed by atoms with Crippen LogP contribution in [0.4, 0.5) is 5.69 Å². The zero-order valence-electron chi connectivity index (χ0n) is 10.7. The van der Waals surface area contributed by atoms with Crippen LogP contribution >= 0.6 is 11.3 Å². The van der Waals surface area contributed by atoms with Gasteiger partial charge < -0.3 is 4.90 Å². The molecule has 2 nitrogen and oxygen atoms in total. The monoisotopic (exact) mass is 259 g/mol. The van der Waals surface area contributed by atoms with Gasteiger partial charge in [-0.2, -0.15) is 0 Å². The number of carbonyl (C=O) groups is 1. The largest absolute Gasteiger partial charge is 0.369 e. The van der Waals surface area contributed by atoms with E-state index in [1.165, 1.54) is 4.88 Å². The van der Waals surface area contributed by atoms with E-state index in [0.717, 1.165) is 17.8 Å². The quantitative estimate of drug-likeness (QED) is 0.757. The first-order chi connectivity index (χ1) is 8.72. The summed E-state index contributed by atoms with van der Waals surface area (Å²) in [6, 6.07) is 12.0. The van der Waals surface area contributed by atoms with Crippen LogP contribution in [-0.2, 0) is 6.54 Å². The smallest absolute Gasteiger partial charge is 0.164 e. The van der Waals surface area contributed by atoms with Gasteiger partial charge in [0.15, 0.2) is 5.78 Å². The first-order valence-electron chi connectivity index (χ1n) is 6.08. The van der Waals surface area contributed by atoms with Gasteiger partial charge in [-0.1, -0.05) is 25.1 Å². The van der Waals surface area contributed by atoms with Crippen LogP contribution in [0.3, 0.4) is 0 Å². The van der Waals surface area contributed by atoms with Crippen LogP contribution in [0.1, 0.15) is 28.6 Å². The van der Waals surface area contributed by atoms with Gasteiger partial charge in [0.05, 0.1) is 6.54 Å². The van der Waals surface area contributed by atoms with Crippen molar-refractivity contribution in [3.63, 3.8) is 0 Å². The molecule has 0 N–H and O–H groups in total. The van der Waals surface area contributed by atoms with E-state index >= 15 is 0 Å². The molecule has 3 heteroatoms. The van der Waals surface area contributed by atoms with Gasteiger partial charge in [0.1, 0.15) is 0 Å². The van der Waals surface area contributed by atoms with Crippen molar-refractivity contribution in [2.45, 2.75) is 19.9 Å². The Kier molecular flexibility index (Phi) is 4.15. The molecule has 94 valence electrons. The maximum atomic E-state index is 11.9. The van der Waals surface area contributed by atoms with Crippen molar-refractivity contribution in [3.8, 4) is 0 Å². The van der Waals surface area contributed by atoms with Crippen LogP contribution in [0.15, 0.2) is 41.8 Å². The van der Waals surface area contributed by atoms with Gasteiger partial charge in [0.25, 0.3) is 0 Å². The average molecular weight is 259 g/mol. The molecule has 1 aromatic carbocycles. The van der Waals surface area contributed by atoms with E-state index < -0.39 is 0 Å². The van der Waals surface area contributed by atoms with E-state index in [1.54, 1.807) is 11.3 Å². The predicted octanol–water partition coefficient (Wildman–Crippen LogP) is 3.98. The van der Waals surface area contributed by atoms with Gasteiger partial charge in [-0.3, -0.25) is 4.79 Å². The molecule has 1 aromatic heterocycles. The molecular formula is C15H17NOS. The highest BCUT2D eigenvalue weighted by molar-refractivity contribution is 7.09. The summed E-state index contributed by atoms with van der Waals surface area (Å²) in [6.07, 6.45) is 0.545. The summed E-state index contributed by atoms with van der Waals surface area (Å²) in [5, 5.41) is 2.08. The second-order valence-corrected chi connectivity index (χ2v) is 5.26. The summed E-state index contributed by atoms with van der Waals surface area (Å²) in [4.78, 5) is 15.4. The summed E-state index contributed by atoms with van der Waals surface area (Å²) < 4.78 is 0. The van der Waals surface area contributed by atoms with E-state index in [-0.39, 0.29) is 5.78 Å². The van der Waals surface area contributed by atoms with Crippen LogP contribution in [0.5, 0.6) is 0 Å². The van der Waals surface area contributed by atoms with Crippen LogP contribution in [0, 0.1) is 0 Å². The summed E-state index contributed by atoms with van der Waals surface area (Å²) in [7, 11) is 2.03. The van der Waals surface area contributed by atoms with E-state index in [9.17, 15) is 4.79 Å². The predicted molar refractivity (Wildman–Crippen MR) is 77.5 cm³/mol. The molecule has 0 saturated carbocycles. The first-order valence-corrected chi connectivity index (χ1v) is 6.96. The van der Waals surface area contributed by atoms with Crippen LogP contribution < -0.4 is 4.90 Å². The molecule has 0 fully saturated rings. The second kappa shape index (κ2) is 5.83. The van der Waals surface area contributed by atoms with Crippen LogP contribution in [-0.4, -0.2) is 12.8 Å². The molecule has 0 spiro atoms. The lowest BCUT2D eigenvalue weighted by molar-refractivity contribution is 0.0988. The van der Waals surface area contributed by atoms with Crippen molar-refractivity contribution in [3.05, 3.63) is 52.2 Å². The standard InChI is InChI=1S/C15H17NOS/c1-3-15(17)13-8-4-5-9-14(13)16(2)11-12-7-6-10-18-12/h4-10H,3,11H2,1-2H3. The van der Waals surface area contributed by atoms with Crippen molar-refractivity contribution >= 4 is 22.8 Å². The lowest BCUT2D eigenvalue weighted by atomic mass is 10.1. The third-order valence-corrected chi connectivity index (χ3v) is 3.77. The van der Waals surface area contributed by atoms with E-state index in [1.807, 2.05) is 38.2 Å². The van der Waals surface area contributed by atoms with Crippen molar-refractivity contribution in [1.82, 2.24) is 0 Å². The summed E-state index contributed by atoms with van der Waals surface area (Å²) >= 11 is 1.74. The van der Waals surface area contributed by atoms with Gasteiger partial charge in [0, 0.05) is 29.6 Å². The minimum atomic E-state index is 0.198. The molecule has 0 aliphatic rings. The minimum absolute atomic E-state index is 0.198. The highest BCUT2D eigenvalue weighted by atomic mass is 32.1. The fourth-order valence-corrected chi connectivity index (χ4v) is 2.71. The number of Topliss-reactive ketones (excluding diaryl/α,β-unsaturated/α-hetero) is 1. The summed E-state index contributed by atoms with van der Waals surface area (Å²) in [6.45, 7) is 2.74. The lowest BCUT2D eigenvalue weighted by Gasteiger charge is -2.21. The highest BCUT2D eigenvalue weighted by Crippen LogP contribution is 2.23. The van der Waals surface area contributed by atoms with Crippen LogP contribution in [0.25, 0.3) is 0 Å². The number of rotatable bonds is 5. The fraction of sp³-hybridized carbons (Fsp3) is 0.267. The van der Waals surface area contributed by atoms with Gasteiger partial charge in [-0.25, -0.2) is 0 Å². The first kappa shape index (κ1) is 12.8. The summed E-state index contributed by atoms with van der Waals surface area (Å²) in [5.74, 6) is 0.198. The zero-order valence-corrected chi connectivity index (χ0v) is 11.5. The maximum absolute atomic E-state index is 11.9. The number of ketones is 1. The molecular weight excluding hydrogens is 242 g/mol. The lowest BCUT2D eigenvalue weighted by Crippen LogP contribution is -2.18. The number of para-hydroxylation sites is 1. The number of benzene rings is 1. The Balaban J connectivity index is 2.24. The van der Waals surface area contributed by atoms with Gasteiger partial charge >= 0.3 is 0 Å². The third-order valence-electron chi connectivity index (χ3n) is 2.91. The molecule has 1 heterocycles. The number of anilines is 1. The number of hydrogen-bond donors (Lipinski definition) is 0. The molecule has 0 bridgehead atoms. The molecule has 0 atom stereocenters. The topological polar surface area (TPSA) is 20.3 Å². The Morgan fingerprint density at radius 1 is 1.22 bits per heavy atom. The maximum Gasteiger partial charge on any atom is 0.164 e. The van der Waals surface area contributed by atoms with Crippen molar-refractivity contribution in [2.24, 2.45) is 0 Å². The number of thiophene rings is 1. The third kappa shape index (κ3) is 2.79. The molecule has 18 heavy (non-hydrogen) atoms. The van der Waals surface area contributed by atoms with Gasteiger partial charge in [-0.15, -0.1) is 11.3 Å². The summed E-state index contributed by atoms with van der Waals surface area (Å²) in [5.41, 5.74) is 1.83. The van der Waals surface area contributed by atoms with Crippen molar-refractivity contribution < 1.29 is 4.79 Å². The molecule has 0 aliphatic carbocycles. The van der Waals surface area contributed by atoms with Gasteiger partial charge in [-0.05, 0) is 23.6 Å². The number of nitrogens with zero attached hydrogens (tertiary/aromatic N) is 1. The molecule has 0 saturated heterocycles. The SMILES string of the molecule is CCC(=O)c1ccccc1N(C)Cc1cccs1. The molecule has 2 aromatic rings. The Hall–Kier alpha value is -1.61. The average Bonchev–Trinajstić information content (AvgIpc) is 2.90. The molecule has 0 aliphatic heterocycles. The Morgan fingerprint density at radius 2 is 2.00 bits per heavy atom. The van der Waals surface area contributed by atoms with E-state index in [2.05, 4.69) is 22.4 Å². The minimum Gasteiger partial charge on any atom is -0.369 e. The van der Waals surface area contributed by atoms with Crippen LogP contribution in [0.2, 0.25) is 0 Å². The van der Waals surface area contributed by atoms with Crippen molar-refractivity contribution in [2.75, 3.05) is 11.9 Å². The van der Waals surface area contributed by atoms with Gasteiger partial charge in [0.2, 0.25) is 0 Å². The zero-order chi connectivity index (χ0) is 13.0. The molecule has 0 unspecified atom stereocenters. The Morgan fingerprint density at radius 3 is 2.67 bits per heavy atom. The number of carbonyl (C=O) groups excluding carboxylic acids is 1. The normalized spacial score (nSPS) is 10.3. The fourth-order valence-electron chi connectivity index (χ4n) is 1.95. The molecule has 2 rings (SSSR count). The van der Waals surface area contributed by atoms with E-state index in [4.69, 9.17) is 0 Å². The van der Waals surface area contributed by atoms with Crippen molar-refractivity contribution in [1.29, 1.82) is 0 Å². The molecule has 0 amide bonds. The number of hydrogen-bond acceptors (Lipinski definition) is 3. The van der Waals surface area contributed by atoms with E-state index in [0.29, 0.717) is 6.42 Å². The Labute approximate surface area is 112 Å². The highest BCUT2D eigenvalue weighted by Gasteiger charge is 2.12. The molecule has 0 radical (unpaired) electrons.